The molecule has 2 aromatic carbocycles. The van der Waals surface area contributed by atoms with Gasteiger partial charge in [-0.05, 0) is 138 Å². The summed E-state index contributed by atoms with van der Waals surface area (Å²) >= 11 is 0. The maximum Gasteiger partial charge on any atom is 0.246 e. The molecule has 25 heteroatoms. The highest BCUT2D eigenvalue weighted by Crippen LogP contribution is 2.24. The second-order valence-corrected chi connectivity index (χ2v) is 26.1. The summed E-state index contributed by atoms with van der Waals surface area (Å²) < 4.78 is 0. The number of nitrogens with zero attached hydrogens (tertiary/aromatic N) is 2. The van der Waals surface area contributed by atoms with Gasteiger partial charge in [0, 0.05) is 25.9 Å². The highest BCUT2D eigenvalue weighted by atomic mass is 16.2. The molecule has 2 aromatic rings. The van der Waals surface area contributed by atoms with Crippen LogP contribution >= 0.6 is 0 Å². The van der Waals surface area contributed by atoms with Gasteiger partial charge >= 0.3 is 0 Å². The lowest BCUT2D eigenvalue weighted by molar-refractivity contribution is -0.143. The number of benzene rings is 2. The van der Waals surface area contributed by atoms with Gasteiger partial charge < -0.3 is 74.9 Å². The van der Waals surface area contributed by atoms with E-state index in [2.05, 4.69) is 47.9 Å². The number of hydrogen-bond donors (Lipinski definition) is 12. The molecular weight excluding hydrogens is 1160 g/mol. The molecule has 0 aliphatic carbocycles. The molecule has 0 aromatic heterocycles. The number of rotatable bonds is 20. The number of carbonyl (C=O) groups excluding carboxylic acids is 11. The van der Waals surface area contributed by atoms with Crippen LogP contribution in [-0.2, 0) is 65.6 Å². The highest BCUT2D eigenvalue weighted by molar-refractivity contribution is 6.00. The fourth-order valence-electron chi connectivity index (χ4n) is 11.9. The van der Waals surface area contributed by atoms with Gasteiger partial charge in [-0.1, -0.05) is 116 Å². The number of carbonyl (C=O) groups is 11. The Balaban J connectivity index is 1.60. The van der Waals surface area contributed by atoms with Crippen molar-refractivity contribution in [1.29, 1.82) is 0 Å². The van der Waals surface area contributed by atoms with E-state index in [4.69, 9.17) is 17.2 Å². The maximum atomic E-state index is 15.0. The molecule has 3 heterocycles. The van der Waals surface area contributed by atoms with Crippen LogP contribution in [0, 0.1) is 23.7 Å². The summed E-state index contributed by atoms with van der Waals surface area (Å²) in [5.41, 5.74) is 19.2. The Labute approximate surface area is 536 Å². The quantitative estimate of drug-likeness (QED) is 0.0818. The lowest BCUT2D eigenvalue weighted by Gasteiger charge is -2.32. The number of nitrogens with two attached hydrogens (primary N) is 3. The van der Waals surface area contributed by atoms with Gasteiger partial charge in [0.15, 0.2) is 0 Å². The van der Waals surface area contributed by atoms with Gasteiger partial charge in [-0.2, -0.15) is 0 Å². The second kappa shape index (κ2) is 37.1. The summed E-state index contributed by atoms with van der Waals surface area (Å²) in [7, 11) is 0. The zero-order valence-corrected chi connectivity index (χ0v) is 54.7. The van der Waals surface area contributed by atoms with Crippen LogP contribution in [0.25, 0.3) is 0 Å². The Bertz CT molecular complexity index is 2750. The predicted molar refractivity (Wildman–Crippen MR) is 345 cm³/mol. The average molecular weight is 1270 g/mol. The van der Waals surface area contributed by atoms with E-state index in [0.29, 0.717) is 36.8 Å². The smallest absolute Gasteiger partial charge is 0.246 e. The van der Waals surface area contributed by atoms with E-state index in [1.54, 1.807) is 88.4 Å². The van der Waals surface area contributed by atoms with Gasteiger partial charge in [0.1, 0.15) is 66.5 Å². The van der Waals surface area contributed by atoms with Gasteiger partial charge in [0.05, 0.1) is 0 Å². The van der Waals surface area contributed by atoms with Crippen molar-refractivity contribution in [3.63, 3.8) is 0 Å². The molecule has 3 saturated heterocycles. The first kappa shape index (κ1) is 74.2. The van der Waals surface area contributed by atoms with E-state index in [0.717, 1.165) is 0 Å². The van der Waals surface area contributed by atoms with Crippen LogP contribution in [0.1, 0.15) is 150 Å². The average Bonchev–Trinajstić information content (AvgIpc) is 2.01. The molecule has 504 valence electrons. The van der Waals surface area contributed by atoms with Crippen molar-refractivity contribution in [3.05, 3.63) is 71.8 Å². The lowest BCUT2D eigenvalue weighted by Crippen LogP contribution is -2.61. The van der Waals surface area contributed by atoms with Crippen molar-refractivity contribution < 1.29 is 52.7 Å². The van der Waals surface area contributed by atoms with E-state index in [-0.39, 0.29) is 115 Å². The van der Waals surface area contributed by atoms with Crippen molar-refractivity contribution in [2.24, 2.45) is 40.9 Å². The third-order valence-corrected chi connectivity index (χ3v) is 16.9. The van der Waals surface area contributed by atoms with Gasteiger partial charge in [0.25, 0.3) is 0 Å². The molecule has 0 spiro atoms. The molecule has 11 atom stereocenters. The monoisotopic (exact) mass is 1270 g/mol. The number of hydrogen-bond acceptors (Lipinski definition) is 14. The summed E-state index contributed by atoms with van der Waals surface area (Å²) in [5, 5.41) is 25.7. The van der Waals surface area contributed by atoms with E-state index in [1.807, 2.05) is 27.7 Å². The zero-order chi connectivity index (χ0) is 66.9. The van der Waals surface area contributed by atoms with E-state index in [1.165, 1.54) is 9.80 Å². The van der Waals surface area contributed by atoms with Gasteiger partial charge in [-0.15, -0.1) is 0 Å². The van der Waals surface area contributed by atoms with Crippen LogP contribution in [0.2, 0.25) is 0 Å². The molecule has 0 bridgehead atoms. The van der Waals surface area contributed by atoms with Crippen molar-refractivity contribution in [3.8, 4) is 0 Å². The number of nitrogens with one attached hydrogen (secondary N) is 9. The van der Waals surface area contributed by atoms with E-state index < -0.39 is 143 Å². The number of amides is 11. The van der Waals surface area contributed by atoms with Gasteiger partial charge in [-0.3, -0.25) is 52.7 Å². The largest absolute Gasteiger partial charge is 0.343 e. The fraction of sp³-hybridized carbons (Fsp3) is 0.652. The Hall–Kier alpha value is -7.51. The topological polar surface area (TPSA) is 381 Å². The number of fused-ring (bicyclic) bond motifs is 2. The summed E-state index contributed by atoms with van der Waals surface area (Å²) in [4.78, 5) is 164. The lowest BCUT2D eigenvalue weighted by atomic mass is 9.99. The molecule has 11 amide bonds. The summed E-state index contributed by atoms with van der Waals surface area (Å²) in [6.07, 6.45) is 3.13. The molecule has 15 N–H and O–H groups in total. The minimum atomic E-state index is -1.26. The molecule has 0 saturated carbocycles. The molecule has 3 aliphatic heterocycles. The molecule has 25 nitrogen and oxygen atoms in total. The second-order valence-electron chi connectivity index (χ2n) is 26.1. The standard InChI is InChI=1S/C66H104N14O11/c1-39(2)35-48-59(84)75-50(37-43-21-11-9-12-22-43)65(90)80-34-20-29-53(80)62(87)78-55(42(7)8)64(89)72-47(27-18-32-69)58(83)74-49(36-40(3)4)60(85)76-51(38-44-23-13-10-14-24-44)66(91)79-33-19-28-52(79)61(86)77-54(41(5)6)63(88)71-46(26-17-31-68)56(81)70-45(57(82)73-48)25-15-16-30-67/h9-14,21-24,39-42,45-55H,15-20,25-38,67-69H2,1-8H3,(H,70,81)(H,71,88)(H,72,89)(H,73,82)(H,74,83)(H,75,84)(H,76,85)(H,77,86)(H,78,87)/t45-,46-,47-,48-,49-,50+,51+,52-,53-,54-,55-/m0/s1. The molecular formula is C66H104N14O11. The summed E-state index contributed by atoms with van der Waals surface area (Å²) in [6.45, 7) is 15.2. The maximum absolute atomic E-state index is 15.0. The number of unbranched alkanes of at least 4 members (excludes halogenated alkanes) is 1. The molecule has 0 unspecified atom stereocenters. The molecule has 91 heavy (non-hydrogen) atoms. The molecule has 3 aliphatic rings. The fourth-order valence-corrected chi connectivity index (χ4v) is 11.9. The first-order valence-corrected chi connectivity index (χ1v) is 32.9. The van der Waals surface area contributed by atoms with Crippen molar-refractivity contribution in [2.45, 2.75) is 218 Å². The van der Waals surface area contributed by atoms with Crippen LogP contribution in [0.4, 0.5) is 0 Å². The molecule has 5 rings (SSSR count). The SMILES string of the molecule is CC(C)C[C@@H]1NC(=O)[C@H](CCCCN)NC(=O)[C@H](CCCN)NC(=O)[C@H](C(C)C)NC(=O)[C@@H]2CCCN2C(=O)[C@@H](Cc2ccccc2)NC(=O)[C@H](CC(C)C)NC(=O)[C@H](CCCN)NC(=O)[C@H](C(C)C)NC(=O)[C@@H]2CCCN2C(=O)[C@@H](Cc2ccccc2)NC1=O. The van der Waals surface area contributed by atoms with E-state index in [9.17, 15) is 43.2 Å². The Morgan fingerprint density at radius 2 is 0.681 bits per heavy atom. The van der Waals surface area contributed by atoms with Crippen LogP contribution in [-0.4, -0.2) is 174 Å². The minimum Gasteiger partial charge on any atom is -0.343 e. The van der Waals surface area contributed by atoms with Crippen LogP contribution in [0.3, 0.4) is 0 Å². The summed E-state index contributed by atoms with van der Waals surface area (Å²) in [5.74, 6) is -8.83. The van der Waals surface area contributed by atoms with Crippen LogP contribution in [0.5, 0.6) is 0 Å². The van der Waals surface area contributed by atoms with Crippen molar-refractivity contribution in [2.75, 3.05) is 32.7 Å². The minimum absolute atomic E-state index is 0.00199. The Morgan fingerprint density at radius 1 is 0.374 bits per heavy atom. The highest BCUT2D eigenvalue weighted by Gasteiger charge is 2.43. The summed E-state index contributed by atoms with van der Waals surface area (Å²) in [6, 6.07) is 4.64. The van der Waals surface area contributed by atoms with Crippen molar-refractivity contribution in [1.82, 2.24) is 57.7 Å². The normalized spacial score (nSPS) is 26.3. The Morgan fingerprint density at radius 3 is 1.01 bits per heavy atom. The molecule has 3 fully saturated rings. The zero-order valence-electron chi connectivity index (χ0n) is 54.7. The third kappa shape index (κ3) is 22.7. The van der Waals surface area contributed by atoms with Crippen molar-refractivity contribution >= 4 is 65.0 Å². The van der Waals surface area contributed by atoms with Crippen LogP contribution in [0.15, 0.2) is 60.7 Å². The molecule has 0 radical (unpaired) electrons. The first-order chi connectivity index (χ1) is 43.4. The van der Waals surface area contributed by atoms with E-state index >= 15 is 9.59 Å². The van der Waals surface area contributed by atoms with Gasteiger partial charge in [0.2, 0.25) is 65.0 Å². The third-order valence-electron chi connectivity index (χ3n) is 16.9. The Kier molecular flexibility index (Phi) is 30.3. The first-order valence-electron chi connectivity index (χ1n) is 32.9. The van der Waals surface area contributed by atoms with Gasteiger partial charge in [-0.25, -0.2) is 0 Å². The predicted octanol–water partition coefficient (Wildman–Crippen LogP) is 0.842. The van der Waals surface area contributed by atoms with Crippen LogP contribution < -0.4 is 65.1 Å².